The summed E-state index contributed by atoms with van der Waals surface area (Å²) in [5.74, 6) is 0.385. The average Bonchev–Trinajstić information content (AvgIpc) is 3.33. The average molecular weight is 280 g/mol. The van der Waals surface area contributed by atoms with Crippen LogP contribution in [0.3, 0.4) is 0 Å². The van der Waals surface area contributed by atoms with Crippen molar-refractivity contribution in [2.45, 2.75) is 19.3 Å². The molecule has 0 atom stereocenters. The highest BCUT2D eigenvalue weighted by atomic mass is 16.2. The number of anilines is 2. The van der Waals surface area contributed by atoms with Gasteiger partial charge in [-0.2, -0.15) is 0 Å². The molecule has 0 unspecified atom stereocenters. The minimum absolute atomic E-state index is 0.149. The van der Waals surface area contributed by atoms with E-state index in [9.17, 15) is 4.79 Å². The Balaban J connectivity index is 1.52. The molecule has 0 saturated heterocycles. The van der Waals surface area contributed by atoms with E-state index in [1.54, 1.807) is 0 Å². The Bertz CT molecular complexity index is 606. The SMILES string of the molecule is O=C(Nc1cccc(NCCc2ccccc2)c1)C1CC1. The number of rotatable bonds is 6. The van der Waals surface area contributed by atoms with Crippen molar-refractivity contribution in [1.82, 2.24) is 0 Å². The fraction of sp³-hybridized carbons (Fsp3) is 0.278. The molecule has 1 aliphatic carbocycles. The standard InChI is InChI=1S/C18H20N2O/c21-18(15-9-10-15)20-17-8-4-7-16(13-17)19-12-11-14-5-2-1-3-6-14/h1-8,13,15,19H,9-12H2,(H,20,21). The van der Waals surface area contributed by atoms with Gasteiger partial charge in [0.1, 0.15) is 0 Å². The number of benzene rings is 2. The highest BCUT2D eigenvalue weighted by Gasteiger charge is 2.29. The van der Waals surface area contributed by atoms with E-state index in [1.807, 2.05) is 30.3 Å². The first-order valence-corrected chi connectivity index (χ1v) is 7.50. The van der Waals surface area contributed by atoms with E-state index >= 15 is 0 Å². The first kappa shape index (κ1) is 13.7. The summed E-state index contributed by atoms with van der Waals surface area (Å²) in [6.07, 6.45) is 3.04. The van der Waals surface area contributed by atoms with E-state index in [1.165, 1.54) is 5.56 Å². The van der Waals surface area contributed by atoms with Gasteiger partial charge in [0, 0.05) is 23.8 Å². The third-order valence-corrected chi connectivity index (χ3v) is 3.66. The Labute approximate surface area is 125 Å². The minimum atomic E-state index is 0.149. The van der Waals surface area contributed by atoms with Gasteiger partial charge in [0.15, 0.2) is 0 Å². The lowest BCUT2D eigenvalue weighted by atomic mass is 10.1. The van der Waals surface area contributed by atoms with Crippen molar-refractivity contribution in [3.63, 3.8) is 0 Å². The Hall–Kier alpha value is -2.29. The van der Waals surface area contributed by atoms with E-state index in [2.05, 4.69) is 34.9 Å². The summed E-state index contributed by atoms with van der Waals surface area (Å²) in [6.45, 7) is 0.879. The van der Waals surface area contributed by atoms with E-state index in [-0.39, 0.29) is 11.8 Å². The molecule has 1 aliphatic rings. The smallest absolute Gasteiger partial charge is 0.227 e. The second kappa shape index (κ2) is 6.44. The van der Waals surface area contributed by atoms with Crippen LogP contribution in [0.2, 0.25) is 0 Å². The zero-order valence-electron chi connectivity index (χ0n) is 12.0. The van der Waals surface area contributed by atoms with Crippen LogP contribution >= 0.6 is 0 Å². The van der Waals surface area contributed by atoms with Crippen LogP contribution in [0.5, 0.6) is 0 Å². The summed E-state index contributed by atoms with van der Waals surface area (Å²) >= 11 is 0. The van der Waals surface area contributed by atoms with Gasteiger partial charge in [-0.3, -0.25) is 4.79 Å². The predicted octanol–water partition coefficient (Wildman–Crippen LogP) is 3.69. The van der Waals surface area contributed by atoms with Crippen LogP contribution in [0, 0.1) is 5.92 Å². The molecule has 21 heavy (non-hydrogen) atoms. The van der Waals surface area contributed by atoms with Crippen molar-refractivity contribution in [2.75, 3.05) is 17.2 Å². The van der Waals surface area contributed by atoms with E-state index in [0.29, 0.717) is 0 Å². The molecule has 2 aromatic carbocycles. The highest BCUT2D eigenvalue weighted by molar-refractivity contribution is 5.94. The molecule has 0 aliphatic heterocycles. The molecule has 0 radical (unpaired) electrons. The molecule has 1 saturated carbocycles. The Kier molecular flexibility index (Phi) is 4.20. The van der Waals surface area contributed by atoms with Gasteiger partial charge in [-0.15, -0.1) is 0 Å². The van der Waals surface area contributed by atoms with Gasteiger partial charge in [-0.05, 0) is 43.0 Å². The maximum atomic E-state index is 11.8. The molecule has 2 aromatic rings. The van der Waals surface area contributed by atoms with Gasteiger partial charge in [0.2, 0.25) is 5.91 Å². The number of carbonyl (C=O) groups excluding carboxylic acids is 1. The summed E-state index contributed by atoms with van der Waals surface area (Å²) in [5, 5.41) is 6.37. The van der Waals surface area contributed by atoms with Crippen molar-refractivity contribution >= 4 is 17.3 Å². The van der Waals surface area contributed by atoms with Gasteiger partial charge < -0.3 is 10.6 Å². The molecule has 1 fully saturated rings. The van der Waals surface area contributed by atoms with Gasteiger partial charge in [-0.1, -0.05) is 36.4 Å². The van der Waals surface area contributed by atoms with Crippen molar-refractivity contribution in [1.29, 1.82) is 0 Å². The van der Waals surface area contributed by atoms with Crippen LogP contribution < -0.4 is 10.6 Å². The van der Waals surface area contributed by atoms with Crippen LogP contribution in [-0.2, 0) is 11.2 Å². The Morgan fingerprint density at radius 3 is 2.52 bits per heavy atom. The third-order valence-electron chi connectivity index (χ3n) is 3.66. The largest absolute Gasteiger partial charge is 0.385 e. The van der Waals surface area contributed by atoms with Crippen molar-refractivity contribution in [2.24, 2.45) is 5.92 Å². The zero-order valence-corrected chi connectivity index (χ0v) is 12.0. The van der Waals surface area contributed by atoms with Gasteiger partial charge in [0.05, 0.1) is 0 Å². The van der Waals surface area contributed by atoms with Crippen LogP contribution in [-0.4, -0.2) is 12.5 Å². The van der Waals surface area contributed by atoms with E-state index in [0.717, 1.165) is 37.2 Å². The van der Waals surface area contributed by atoms with Crippen LogP contribution in [0.1, 0.15) is 18.4 Å². The summed E-state index contributed by atoms with van der Waals surface area (Å²) < 4.78 is 0. The van der Waals surface area contributed by atoms with Crippen molar-refractivity contribution in [3.8, 4) is 0 Å². The monoisotopic (exact) mass is 280 g/mol. The summed E-state index contributed by atoms with van der Waals surface area (Å²) in [6, 6.07) is 18.3. The fourth-order valence-corrected chi connectivity index (χ4v) is 2.29. The minimum Gasteiger partial charge on any atom is -0.385 e. The molecule has 0 heterocycles. The molecule has 3 heteroatoms. The lowest BCUT2D eigenvalue weighted by Gasteiger charge is -2.09. The summed E-state index contributed by atoms with van der Waals surface area (Å²) in [7, 11) is 0. The molecule has 0 bridgehead atoms. The second-order valence-electron chi connectivity index (χ2n) is 5.51. The van der Waals surface area contributed by atoms with Gasteiger partial charge in [0.25, 0.3) is 0 Å². The molecular formula is C18H20N2O. The number of carbonyl (C=O) groups is 1. The quantitative estimate of drug-likeness (QED) is 0.847. The number of nitrogens with one attached hydrogen (secondary N) is 2. The van der Waals surface area contributed by atoms with Crippen molar-refractivity contribution < 1.29 is 4.79 Å². The second-order valence-corrected chi connectivity index (χ2v) is 5.51. The van der Waals surface area contributed by atoms with Gasteiger partial charge >= 0.3 is 0 Å². The Morgan fingerprint density at radius 2 is 1.76 bits per heavy atom. The normalized spacial score (nSPS) is 13.7. The third kappa shape index (κ3) is 4.09. The summed E-state index contributed by atoms with van der Waals surface area (Å²) in [5.41, 5.74) is 3.24. The molecule has 2 N–H and O–H groups in total. The molecule has 3 rings (SSSR count). The summed E-state index contributed by atoms with van der Waals surface area (Å²) in [4.78, 5) is 11.8. The van der Waals surface area contributed by atoms with Crippen LogP contribution in [0.25, 0.3) is 0 Å². The molecule has 108 valence electrons. The first-order valence-electron chi connectivity index (χ1n) is 7.50. The molecule has 3 nitrogen and oxygen atoms in total. The maximum absolute atomic E-state index is 11.8. The van der Waals surface area contributed by atoms with Gasteiger partial charge in [-0.25, -0.2) is 0 Å². The van der Waals surface area contributed by atoms with E-state index < -0.39 is 0 Å². The lowest BCUT2D eigenvalue weighted by Crippen LogP contribution is -2.13. The highest BCUT2D eigenvalue weighted by Crippen LogP contribution is 2.30. The fourth-order valence-electron chi connectivity index (χ4n) is 2.29. The first-order chi connectivity index (χ1) is 10.3. The number of amides is 1. The predicted molar refractivity (Wildman–Crippen MR) is 86.4 cm³/mol. The van der Waals surface area contributed by atoms with Crippen LogP contribution in [0.4, 0.5) is 11.4 Å². The van der Waals surface area contributed by atoms with E-state index in [4.69, 9.17) is 0 Å². The van der Waals surface area contributed by atoms with Crippen LogP contribution in [0.15, 0.2) is 54.6 Å². The topological polar surface area (TPSA) is 41.1 Å². The van der Waals surface area contributed by atoms with Crippen molar-refractivity contribution in [3.05, 3.63) is 60.2 Å². The maximum Gasteiger partial charge on any atom is 0.227 e. The lowest BCUT2D eigenvalue weighted by molar-refractivity contribution is -0.117. The molecule has 0 spiro atoms. The Morgan fingerprint density at radius 1 is 1.00 bits per heavy atom. The molecule has 1 amide bonds. The number of hydrogen-bond donors (Lipinski definition) is 2. The molecular weight excluding hydrogens is 260 g/mol. The zero-order chi connectivity index (χ0) is 14.5. The number of hydrogen-bond acceptors (Lipinski definition) is 2. The molecule has 0 aromatic heterocycles.